The minimum atomic E-state index is -4.38. The first-order valence-corrected chi connectivity index (χ1v) is 13.7. The van der Waals surface area contributed by atoms with Crippen LogP contribution in [0.15, 0.2) is 72.8 Å². The minimum absolute atomic E-state index is 0.0329. The third kappa shape index (κ3) is 7.87. The molecule has 0 spiro atoms. The highest BCUT2D eigenvalue weighted by atomic mass is 19.4. The van der Waals surface area contributed by atoms with Crippen LogP contribution in [-0.4, -0.2) is 23.5 Å². The van der Waals surface area contributed by atoms with Crippen LogP contribution in [0.4, 0.5) is 13.2 Å². The van der Waals surface area contributed by atoms with Crippen molar-refractivity contribution < 1.29 is 32.6 Å². The topological polar surface area (TPSA) is 75.6 Å². The standard InChI is InChI=1S/C32H34F3NO4/c1-21(31(38)39)20-36-30(37)24-12-16-28(17-13-24)40-29(18-22-6-3-2-4-7-22)26-9-5-8-25(19-26)23-10-14-27(15-11-23)32(33,34)35/h5,8-17,19,21-22,29H,2-4,6-7,18,20H2,1H3,(H,36,37)(H,38,39). The van der Waals surface area contributed by atoms with Gasteiger partial charge in [-0.15, -0.1) is 0 Å². The van der Waals surface area contributed by atoms with Crippen molar-refractivity contribution in [3.63, 3.8) is 0 Å². The molecule has 0 radical (unpaired) electrons. The Morgan fingerprint density at radius 3 is 2.25 bits per heavy atom. The molecular formula is C32H34F3NO4. The second-order valence-electron chi connectivity index (χ2n) is 10.5. The molecular weight excluding hydrogens is 519 g/mol. The van der Waals surface area contributed by atoms with E-state index in [0.29, 0.717) is 22.8 Å². The summed E-state index contributed by atoms with van der Waals surface area (Å²) in [5.41, 5.74) is 2.16. The molecule has 2 N–H and O–H groups in total. The number of carbonyl (C=O) groups is 2. The molecule has 5 nitrogen and oxygen atoms in total. The van der Waals surface area contributed by atoms with E-state index in [-0.39, 0.29) is 18.6 Å². The zero-order chi connectivity index (χ0) is 28.7. The number of carboxylic acid groups (broad SMARTS) is 1. The zero-order valence-corrected chi connectivity index (χ0v) is 22.4. The van der Waals surface area contributed by atoms with Gasteiger partial charge < -0.3 is 15.2 Å². The summed E-state index contributed by atoms with van der Waals surface area (Å²) in [5, 5.41) is 11.6. The van der Waals surface area contributed by atoms with E-state index in [4.69, 9.17) is 9.84 Å². The van der Waals surface area contributed by atoms with E-state index in [9.17, 15) is 22.8 Å². The highest BCUT2D eigenvalue weighted by Crippen LogP contribution is 2.36. The number of aliphatic carboxylic acids is 1. The Morgan fingerprint density at radius 2 is 1.62 bits per heavy atom. The monoisotopic (exact) mass is 553 g/mol. The number of alkyl halides is 3. The van der Waals surface area contributed by atoms with Gasteiger partial charge in [0.25, 0.3) is 5.91 Å². The van der Waals surface area contributed by atoms with Crippen molar-refractivity contribution in [2.24, 2.45) is 11.8 Å². The summed E-state index contributed by atoms with van der Waals surface area (Å²) >= 11 is 0. The van der Waals surface area contributed by atoms with Gasteiger partial charge in [-0.2, -0.15) is 13.2 Å². The average molecular weight is 554 g/mol. The predicted octanol–water partition coefficient (Wildman–Crippen LogP) is 7.91. The molecule has 2 unspecified atom stereocenters. The second-order valence-corrected chi connectivity index (χ2v) is 10.5. The molecule has 1 saturated carbocycles. The van der Waals surface area contributed by atoms with Gasteiger partial charge in [-0.1, -0.05) is 69.4 Å². The number of hydrogen-bond acceptors (Lipinski definition) is 3. The highest BCUT2D eigenvalue weighted by Gasteiger charge is 2.30. The lowest BCUT2D eigenvalue weighted by Crippen LogP contribution is -2.31. The fourth-order valence-corrected chi connectivity index (χ4v) is 5.03. The molecule has 8 heteroatoms. The molecule has 1 fully saturated rings. The van der Waals surface area contributed by atoms with Gasteiger partial charge in [0.1, 0.15) is 11.9 Å². The molecule has 1 amide bonds. The number of benzene rings is 3. The molecule has 3 aromatic carbocycles. The van der Waals surface area contributed by atoms with Gasteiger partial charge in [0.05, 0.1) is 11.5 Å². The van der Waals surface area contributed by atoms with Crippen molar-refractivity contribution in [2.45, 2.75) is 57.7 Å². The maximum Gasteiger partial charge on any atom is 0.416 e. The summed E-state index contributed by atoms with van der Waals surface area (Å²) < 4.78 is 45.6. The van der Waals surface area contributed by atoms with Gasteiger partial charge in [0.15, 0.2) is 0 Å². The first kappa shape index (κ1) is 29.2. The molecule has 212 valence electrons. The molecule has 0 saturated heterocycles. The third-order valence-electron chi connectivity index (χ3n) is 7.46. The van der Waals surface area contributed by atoms with Crippen LogP contribution >= 0.6 is 0 Å². The van der Waals surface area contributed by atoms with Crippen LogP contribution < -0.4 is 10.1 Å². The molecule has 0 aromatic heterocycles. The molecule has 2 atom stereocenters. The number of hydrogen-bond donors (Lipinski definition) is 2. The van der Waals surface area contributed by atoms with E-state index in [1.165, 1.54) is 38.3 Å². The van der Waals surface area contributed by atoms with E-state index in [2.05, 4.69) is 5.32 Å². The van der Waals surface area contributed by atoms with Crippen LogP contribution in [0.1, 0.15) is 73.0 Å². The second kappa shape index (κ2) is 13.0. The molecule has 3 aromatic rings. The van der Waals surface area contributed by atoms with E-state index in [1.807, 2.05) is 24.3 Å². The van der Waals surface area contributed by atoms with Gasteiger partial charge in [0.2, 0.25) is 0 Å². The molecule has 40 heavy (non-hydrogen) atoms. The SMILES string of the molecule is CC(CNC(=O)c1ccc(OC(CC2CCCCC2)c2cccc(-c3ccc(C(F)(F)F)cc3)c2)cc1)C(=O)O. The molecule has 4 rings (SSSR count). The number of halogens is 3. The van der Waals surface area contributed by atoms with E-state index in [1.54, 1.807) is 24.3 Å². The third-order valence-corrected chi connectivity index (χ3v) is 7.46. The molecule has 0 aliphatic heterocycles. The van der Waals surface area contributed by atoms with E-state index in [0.717, 1.165) is 42.5 Å². The number of nitrogens with one attached hydrogen (secondary N) is 1. The lowest BCUT2D eigenvalue weighted by molar-refractivity contribution is -0.141. The summed E-state index contributed by atoms with van der Waals surface area (Å²) in [7, 11) is 0. The van der Waals surface area contributed by atoms with E-state index >= 15 is 0 Å². The first-order chi connectivity index (χ1) is 19.1. The van der Waals surface area contributed by atoms with Crippen LogP contribution in [0.25, 0.3) is 11.1 Å². The molecule has 0 heterocycles. The number of carbonyl (C=O) groups excluding carboxylic acids is 1. The van der Waals surface area contributed by atoms with E-state index < -0.39 is 23.6 Å². The Balaban J connectivity index is 1.52. The molecule has 1 aliphatic carbocycles. The Bertz CT molecular complexity index is 1280. The van der Waals surface area contributed by atoms with Gasteiger partial charge in [0, 0.05) is 12.1 Å². The zero-order valence-electron chi connectivity index (χ0n) is 22.4. The first-order valence-electron chi connectivity index (χ1n) is 13.7. The Kier molecular flexibility index (Phi) is 9.50. The van der Waals surface area contributed by atoms with Crippen molar-refractivity contribution >= 4 is 11.9 Å². The maximum atomic E-state index is 13.0. The number of rotatable bonds is 10. The average Bonchev–Trinajstić information content (AvgIpc) is 2.96. The largest absolute Gasteiger partial charge is 0.486 e. The smallest absolute Gasteiger partial charge is 0.416 e. The van der Waals surface area contributed by atoms with Gasteiger partial charge >= 0.3 is 12.1 Å². The maximum absolute atomic E-state index is 13.0. The van der Waals surface area contributed by atoms with Crippen molar-refractivity contribution in [1.82, 2.24) is 5.32 Å². The van der Waals surface area contributed by atoms with Crippen molar-refractivity contribution in [3.8, 4) is 16.9 Å². The van der Waals surface area contributed by atoms with Crippen LogP contribution in [0, 0.1) is 11.8 Å². The summed E-state index contributed by atoms with van der Waals surface area (Å²) in [6.07, 6.45) is 2.03. The van der Waals surface area contributed by atoms with Gasteiger partial charge in [-0.3, -0.25) is 9.59 Å². The van der Waals surface area contributed by atoms with Gasteiger partial charge in [-0.05, 0) is 71.5 Å². The number of amides is 1. The van der Waals surface area contributed by atoms with Gasteiger partial charge in [-0.25, -0.2) is 0 Å². The lowest BCUT2D eigenvalue weighted by atomic mass is 9.84. The Labute approximate surface area is 232 Å². The quantitative estimate of drug-likeness (QED) is 0.268. The van der Waals surface area contributed by atoms with Crippen molar-refractivity contribution in [3.05, 3.63) is 89.5 Å². The van der Waals surface area contributed by atoms with Crippen LogP contribution in [-0.2, 0) is 11.0 Å². The summed E-state index contributed by atoms with van der Waals surface area (Å²) in [6.45, 7) is 1.56. The fourth-order valence-electron chi connectivity index (χ4n) is 5.03. The predicted molar refractivity (Wildman–Crippen MR) is 147 cm³/mol. The Morgan fingerprint density at radius 1 is 0.950 bits per heavy atom. The Hall–Kier alpha value is -3.81. The van der Waals surface area contributed by atoms with Crippen LogP contribution in [0.2, 0.25) is 0 Å². The fraction of sp³-hybridized carbons (Fsp3) is 0.375. The highest BCUT2D eigenvalue weighted by molar-refractivity contribution is 5.94. The summed E-state index contributed by atoms with van der Waals surface area (Å²) in [6, 6.07) is 19.6. The lowest BCUT2D eigenvalue weighted by Gasteiger charge is -2.28. The number of carboxylic acids is 1. The summed E-state index contributed by atoms with van der Waals surface area (Å²) in [5.74, 6) is -0.922. The normalized spacial score (nSPS) is 15.7. The number of ether oxygens (including phenoxy) is 1. The van der Waals surface area contributed by atoms with Crippen molar-refractivity contribution in [2.75, 3.05) is 6.54 Å². The van der Waals surface area contributed by atoms with Crippen LogP contribution in [0.5, 0.6) is 5.75 Å². The molecule has 0 bridgehead atoms. The minimum Gasteiger partial charge on any atom is -0.486 e. The van der Waals surface area contributed by atoms with Crippen LogP contribution in [0.3, 0.4) is 0 Å². The van der Waals surface area contributed by atoms with Crippen molar-refractivity contribution in [1.29, 1.82) is 0 Å². The summed E-state index contributed by atoms with van der Waals surface area (Å²) in [4.78, 5) is 23.4. The molecule has 1 aliphatic rings.